The zero-order valence-corrected chi connectivity index (χ0v) is 19.5. The van der Waals surface area contributed by atoms with E-state index >= 15 is 0 Å². The molecular formula is C25H31F3N6O. The van der Waals surface area contributed by atoms with Crippen LogP contribution in [0.15, 0.2) is 66.0 Å². The summed E-state index contributed by atoms with van der Waals surface area (Å²) in [5.41, 5.74) is 6.93. The quantitative estimate of drug-likeness (QED) is 0.184. The number of rotatable bonds is 9. The van der Waals surface area contributed by atoms with E-state index in [9.17, 15) is 18.0 Å². The molecule has 1 saturated carbocycles. The van der Waals surface area contributed by atoms with Crippen LogP contribution in [0, 0.1) is 5.41 Å². The van der Waals surface area contributed by atoms with Gasteiger partial charge >= 0.3 is 6.18 Å². The largest absolute Gasteiger partial charge is 0.416 e. The summed E-state index contributed by atoms with van der Waals surface area (Å²) in [5, 5.41) is 20.7. The molecule has 1 aliphatic rings. The number of carbonyl (C=O) groups excluding carboxylic acids is 1. The lowest BCUT2D eigenvalue weighted by Crippen LogP contribution is -2.47. The Labute approximate surface area is 202 Å². The van der Waals surface area contributed by atoms with Gasteiger partial charge in [-0.25, -0.2) is 0 Å². The van der Waals surface area contributed by atoms with Gasteiger partial charge in [-0.2, -0.15) is 13.2 Å². The van der Waals surface area contributed by atoms with Crippen LogP contribution in [0.5, 0.6) is 0 Å². The molecule has 7 N–H and O–H groups in total. The molecule has 0 heterocycles. The van der Waals surface area contributed by atoms with Gasteiger partial charge < -0.3 is 27.0 Å². The normalized spacial score (nSPS) is 18.4. The maximum absolute atomic E-state index is 12.8. The first-order valence-corrected chi connectivity index (χ1v) is 11.5. The van der Waals surface area contributed by atoms with E-state index in [1.54, 1.807) is 0 Å². The molecule has 0 saturated heterocycles. The minimum atomic E-state index is -4.38. The highest BCUT2D eigenvalue weighted by Crippen LogP contribution is 2.29. The number of carbonyl (C=O) groups is 1. The highest BCUT2D eigenvalue weighted by molar-refractivity contribution is 6.20. The van der Waals surface area contributed by atoms with E-state index in [0.717, 1.165) is 31.4 Å². The third-order valence-corrected chi connectivity index (χ3v) is 5.89. The summed E-state index contributed by atoms with van der Waals surface area (Å²) in [7, 11) is 1.49. The molecule has 1 aliphatic carbocycles. The fourth-order valence-corrected chi connectivity index (χ4v) is 3.96. The number of hydrogen-bond donors (Lipinski definition) is 6. The molecule has 2 aromatic carbocycles. The fourth-order valence-electron chi connectivity index (χ4n) is 3.96. The van der Waals surface area contributed by atoms with Crippen molar-refractivity contribution in [3.05, 3.63) is 77.1 Å². The number of benzene rings is 2. The minimum Gasteiger partial charge on any atom is -0.371 e. The minimum absolute atomic E-state index is 0.0628. The lowest BCUT2D eigenvalue weighted by atomic mass is 10.1. The molecule has 0 aromatic heterocycles. The molecule has 0 radical (unpaired) electrons. The molecule has 0 bridgehead atoms. The number of para-hydroxylation sites is 1. The molecule has 0 spiro atoms. The van der Waals surface area contributed by atoms with Crippen LogP contribution in [-0.2, 0) is 17.4 Å². The Morgan fingerprint density at radius 1 is 1.09 bits per heavy atom. The number of amides is 1. The number of likely N-dealkylation sites (N-methyl/N-ethyl adjacent to an activating group) is 1. The highest BCUT2D eigenvalue weighted by Gasteiger charge is 2.30. The van der Waals surface area contributed by atoms with E-state index in [4.69, 9.17) is 11.1 Å². The average Bonchev–Trinajstić information content (AvgIpc) is 3.23. The van der Waals surface area contributed by atoms with E-state index in [1.807, 2.05) is 30.3 Å². The van der Waals surface area contributed by atoms with Gasteiger partial charge in [-0.15, -0.1) is 0 Å². The van der Waals surface area contributed by atoms with Gasteiger partial charge in [-0.3, -0.25) is 10.2 Å². The molecule has 3 rings (SSSR count). The third kappa shape index (κ3) is 7.22. The third-order valence-electron chi connectivity index (χ3n) is 5.89. The van der Waals surface area contributed by atoms with Crippen LogP contribution in [-0.4, -0.2) is 37.4 Å². The summed E-state index contributed by atoms with van der Waals surface area (Å²) in [6.45, 7) is 0.317. The molecule has 2 atom stereocenters. The second-order valence-corrected chi connectivity index (χ2v) is 8.41. The lowest BCUT2D eigenvalue weighted by molar-refractivity contribution is -0.137. The maximum atomic E-state index is 12.8. The van der Waals surface area contributed by atoms with Crippen molar-refractivity contribution in [2.75, 3.05) is 18.9 Å². The number of nitrogens with two attached hydrogens (primary N) is 1. The zero-order chi connectivity index (χ0) is 25.4. The summed E-state index contributed by atoms with van der Waals surface area (Å²) in [4.78, 5) is 12.8. The van der Waals surface area contributed by atoms with Crippen LogP contribution in [0.1, 0.15) is 30.4 Å². The molecule has 0 unspecified atom stereocenters. The zero-order valence-electron chi connectivity index (χ0n) is 19.5. The highest BCUT2D eigenvalue weighted by atomic mass is 19.4. The monoisotopic (exact) mass is 488 g/mol. The molecule has 35 heavy (non-hydrogen) atoms. The van der Waals surface area contributed by atoms with Crippen molar-refractivity contribution in [1.29, 1.82) is 5.41 Å². The van der Waals surface area contributed by atoms with Crippen LogP contribution in [0.2, 0.25) is 0 Å². The fraction of sp³-hybridized carbons (Fsp3) is 0.360. The summed E-state index contributed by atoms with van der Waals surface area (Å²) in [6.07, 6.45) is -1.36. The van der Waals surface area contributed by atoms with Crippen molar-refractivity contribution in [3.8, 4) is 0 Å². The predicted molar refractivity (Wildman–Crippen MR) is 131 cm³/mol. The van der Waals surface area contributed by atoms with Crippen LogP contribution in [0.3, 0.4) is 0 Å². The maximum Gasteiger partial charge on any atom is 0.416 e. The van der Waals surface area contributed by atoms with Crippen molar-refractivity contribution in [2.24, 2.45) is 5.73 Å². The molecule has 1 amide bonds. The number of alkyl halides is 3. The SMILES string of the molecule is CNC(=O)/C(C(=N)N[C@H]1CCC[C@H]1N)=C(/NCCc1ccc(C(F)(F)F)cc1)Nc1ccccc1. The Morgan fingerprint density at radius 3 is 2.34 bits per heavy atom. The first kappa shape index (κ1) is 26.1. The van der Waals surface area contributed by atoms with E-state index < -0.39 is 17.6 Å². The molecule has 188 valence electrons. The average molecular weight is 489 g/mol. The Kier molecular flexibility index (Phi) is 8.75. The summed E-state index contributed by atoms with van der Waals surface area (Å²) in [5.74, 6) is -0.215. The first-order valence-electron chi connectivity index (χ1n) is 11.5. The Hall–Kier alpha value is -3.53. The van der Waals surface area contributed by atoms with Gasteiger partial charge in [0.15, 0.2) is 0 Å². The molecule has 2 aromatic rings. The number of hydrogen-bond acceptors (Lipinski definition) is 5. The van der Waals surface area contributed by atoms with Gasteiger partial charge in [0, 0.05) is 31.4 Å². The number of nitrogens with one attached hydrogen (secondary N) is 5. The van der Waals surface area contributed by atoms with Gasteiger partial charge in [0.2, 0.25) is 0 Å². The smallest absolute Gasteiger partial charge is 0.371 e. The Balaban J connectivity index is 1.82. The predicted octanol–water partition coefficient (Wildman–Crippen LogP) is 3.35. The summed E-state index contributed by atoms with van der Waals surface area (Å²) >= 11 is 0. The van der Waals surface area contributed by atoms with E-state index in [-0.39, 0.29) is 23.5 Å². The first-order chi connectivity index (χ1) is 16.7. The van der Waals surface area contributed by atoms with Crippen LogP contribution >= 0.6 is 0 Å². The summed E-state index contributed by atoms with van der Waals surface area (Å²) in [6, 6.07) is 13.9. The van der Waals surface area contributed by atoms with Crippen molar-refractivity contribution < 1.29 is 18.0 Å². The van der Waals surface area contributed by atoms with Crippen LogP contribution in [0.25, 0.3) is 0 Å². The van der Waals surface area contributed by atoms with Crippen LogP contribution < -0.4 is 27.0 Å². The topological polar surface area (TPSA) is 115 Å². The molecule has 7 nitrogen and oxygen atoms in total. The lowest BCUT2D eigenvalue weighted by Gasteiger charge is -2.23. The van der Waals surface area contributed by atoms with Gasteiger partial charge in [0.1, 0.15) is 17.2 Å². The Bertz CT molecular complexity index is 1040. The standard InChI is InChI=1S/C25H31F3N6O/c1-31-24(35)21(22(30)34-20-9-5-8-19(20)29)23(33-18-6-3-2-4-7-18)32-15-14-16-10-12-17(13-11-16)25(26,27)28/h2-4,6-7,10-13,19-20,32-33H,5,8-9,14-15,29H2,1H3,(H2,30,34)(H,31,35)/b23-21-/t19-,20+/m1/s1. The van der Waals surface area contributed by atoms with Gasteiger partial charge in [-0.1, -0.05) is 30.3 Å². The van der Waals surface area contributed by atoms with Crippen molar-refractivity contribution in [1.82, 2.24) is 16.0 Å². The van der Waals surface area contributed by atoms with Crippen LogP contribution in [0.4, 0.5) is 18.9 Å². The van der Waals surface area contributed by atoms with E-state index in [2.05, 4.69) is 21.3 Å². The van der Waals surface area contributed by atoms with Gasteiger partial charge in [0.25, 0.3) is 5.91 Å². The van der Waals surface area contributed by atoms with Crippen molar-refractivity contribution in [2.45, 2.75) is 43.9 Å². The van der Waals surface area contributed by atoms with Crippen molar-refractivity contribution in [3.63, 3.8) is 0 Å². The van der Waals surface area contributed by atoms with Gasteiger partial charge in [0.05, 0.1) is 5.56 Å². The number of halogens is 3. The van der Waals surface area contributed by atoms with E-state index in [1.165, 1.54) is 19.2 Å². The second kappa shape index (κ2) is 11.7. The van der Waals surface area contributed by atoms with E-state index in [0.29, 0.717) is 30.0 Å². The molecule has 1 fully saturated rings. The Morgan fingerprint density at radius 2 is 1.77 bits per heavy atom. The molecule has 10 heteroatoms. The number of amidine groups is 1. The number of anilines is 1. The van der Waals surface area contributed by atoms with Gasteiger partial charge in [-0.05, 0) is 55.5 Å². The molecule has 0 aliphatic heterocycles. The molecular weight excluding hydrogens is 457 g/mol. The summed E-state index contributed by atoms with van der Waals surface area (Å²) < 4.78 is 38.5. The second-order valence-electron chi connectivity index (χ2n) is 8.41. The van der Waals surface area contributed by atoms with Crippen molar-refractivity contribution >= 4 is 17.4 Å².